The van der Waals surface area contributed by atoms with Gasteiger partial charge in [-0.2, -0.15) is 0 Å². The molecule has 0 saturated heterocycles. The summed E-state index contributed by atoms with van der Waals surface area (Å²) < 4.78 is 10.4. The highest BCUT2D eigenvalue weighted by atomic mass is 16.5. The van der Waals surface area contributed by atoms with E-state index in [-0.39, 0.29) is 12.6 Å². The second-order valence-corrected chi connectivity index (χ2v) is 6.98. The van der Waals surface area contributed by atoms with E-state index in [9.17, 15) is 9.59 Å². The van der Waals surface area contributed by atoms with E-state index in [2.05, 4.69) is 10.3 Å². The predicted octanol–water partition coefficient (Wildman–Crippen LogP) is 5.42. The van der Waals surface area contributed by atoms with Crippen LogP contribution in [0.15, 0.2) is 48.7 Å². The van der Waals surface area contributed by atoms with E-state index in [1.54, 1.807) is 31.2 Å². The number of aromatic nitrogens is 1. The van der Waals surface area contributed by atoms with E-state index in [4.69, 9.17) is 9.47 Å². The van der Waals surface area contributed by atoms with Crippen LogP contribution in [0.1, 0.15) is 53.0 Å². The van der Waals surface area contributed by atoms with Gasteiger partial charge in [-0.05, 0) is 56.7 Å². The Labute approximate surface area is 176 Å². The second-order valence-electron chi connectivity index (χ2n) is 6.98. The minimum Gasteiger partial charge on any atom is -0.462 e. The van der Waals surface area contributed by atoms with Gasteiger partial charge in [-0.25, -0.2) is 9.59 Å². The lowest BCUT2D eigenvalue weighted by Crippen LogP contribution is -2.09. The van der Waals surface area contributed by atoms with Gasteiger partial charge >= 0.3 is 11.9 Å². The van der Waals surface area contributed by atoms with Gasteiger partial charge in [-0.3, -0.25) is 4.98 Å². The normalized spacial score (nSPS) is 10.6. The molecule has 0 amide bonds. The number of nitrogens with one attached hydrogen (secondary N) is 1. The molecule has 30 heavy (non-hydrogen) atoms. The summed E-state index contributed by atoms with van der Waals surface area (Å²) in [5, 5.41) is 4.13. The lowest BCUT2D eigenvalue weighted by atomic mass is 10.1. The summed E-state index contributed by atoms with van der Waals surface area (Å²) in [6.45, 7) is 6.49. The number of aryl methyl sites for hydroxylation is 1. The van der Waals surface area contributed by atoms with Crippen LogP contribution in [0, 0.1) is 6.92 Å². The third kappa shape index (κ3) is 4.95. The molecule has 0 aliphatic rings. The first-order valence-corrected chi connectivity index (χ1v) is 10.1. The van der Waals surface area contributed by atoms with Crippen molar-refractivity contribution in [3.05, 3.63) is 65.4 Å². The van der Waals surface area contributed by atoms with Crippen molar-refractivity contribution < 1.29 is 19.1 Å². The number of esters is 2. The van der Waals surface area contributed by atoms with Crippen LogP contribution in [-0.4, -0.2) is 30.1 Å². The first-order chi connectivity index (χ1) is 14.5. The number of fused-ring (bicyclic) bond motifs is 1. The van der Waals surface area contributed by atoms with E-state index >= 15 is 0 Å². The van der Waals surface area contributed by atoms with Gasteiger partial charge in [-0.15, -0.1) is 0 Å². The molecule has 0 spiro atoms. The zero-order chi connectivity index (χ0) is 21.5. The summed E-state index contributed by atoms with van der Waals surface area (Å²) in [4.78, 5) is 29.0. The Morgan fingerprint density at radius 2 is 1.77 bits per heavy atom. The first kappa shape index (κ1) is 21.3. The zero-order valence-electron chi connectivity index (χ0n) is 17.5. The Hall–Kier alpha value is -3.41. The number of pyridine rings is 1. The number of nitrogens with zero attached hydrogens (tertiary/aromatic N) is 1. The minimum atomic E-state index is -0.438. The predicted molar refractivity (Wildman–Crippen MR) is 117 cm³/mol. The molecule has 1 heterocycles. The highest BCUT2D eigenvalue weighted by Gasteiger charge is 2.17. The molecular formula is C24H26N2O4. The van der Waals surface area contributed by atoms with Crippen molar-refractivity contribution >= 4 is 34.2 Å². The molecule has 0 fully saturated rings. The van der Waals surface area contributed by atoms with Gasteiger partial charge in [0.15, 0.2) is 0 Å². The van der Waals surface area contributed by atoms with E-state index in [1.807, 2.05) is 32.0 Å². The summed E-state index contributed by atoms with van der Waals surface area (Å²) in [5.41, 5.74) is 4.03. The molecule has 2 aromatic carbocycles. The molecule has 0 aliphatic heterocycles. The number of benzene rings is 2. The van der Waals surface area contributed by atoms with Gasteiger partial charge < -0.3 is 14.8 Å². The van der Waals surface area contributed by atoms with Gasteiger partial charge in [0.25, 0.3) is 0 Å². The first-order valence-electron chi connectivity index (χ1n) is 10.1. The summed E-state index contributed by atoms with van der Waals surface area (Å²) in [5.74, 6) is -0.778. The van der Waals surface area contributed by atoms with Crippen LogP contribution in [0.25, 0.3) is 10.9 Å². The maximum atomic E-state index is 12.5. The molecule has 6 nitrogen and oxygen atoms in total. The highest BCUT2D eigenvalue weighted by molar-refractivity contribution is 6.06. The highest BCUT2D eigenvalue weighted by Crippen LogP contribution is 2.30. The molecule has 1 aromatic heterocycles. The van der Waals surface area contributed by atoms with Gasteiger partial charge in [-0.1, -0.05) is 25.0 Å². The molecule has 0 atom stereocenters. The smallest absolute Gasteiger partial charge is 0.341 e. The maximum Gasteiger partial charge on any atom is 0.341 e. The molecule has 3 aromatic rings. The fraction of sp³-hybridized carbons (Fsp3) is 0.292. The van der Waals surface area contributed by atoms with Gasteiger partial charge in [0.05, 0.1) is 30.0 Å². The van der Waals surface area contributed by atoms with Crippen LogP contribution in [0.2, 0.25) is 0 Å². The molecular weight excluding hydrogens is 380 g/mol. The molecule has 0 radical (unpaired) electrons. The molecule has 0 aliphatic carbocycles. The summed E-state index contributed by atoms with van der Waals surface area (Å²) in [7, 11) is 0. The van der Waals surface area contributed by atoms with E-state index < -0.39 is 5.97 Å². The quantitative estimate of drug-likeness (QED) is 0.397. The van der Waals surface area contributed by atoms with Crippen LogP contribution in [-0.2, 0) is 9.47 Å². The van der Waals surface area contributed by atoms with Crippen LogP contribution in [0.3, 0.4) is 0 Å². The average molecular weight is 406 g/mol. The zero-order valence-corrected chi connectivity index (χ0v) is 17.5. The summed E-state index contributed by atoms with van der Waals surface area (Å²) in [6, 6.07) is 12.8. The fourth-order valence-corrected chi connectivity index (χ4v) is 3.03. The number of hydrogen-bond donors (Lipinski definition) is 1. The second kappa shape index (κ2) is 9.87. The van der Waals surface area contributed by atoms with Gasteiger partial charge in [0.2, 0.25) is 0 Å². The molecule has 3 rings (SSSR count). The van der Waals surface area contributed by atoms with Crippen LogP contribution in [0.4, 0.5) is 11.4 Å². The maximum absolute atomic E-state index is 12.5. The Kier molecular flexibility index (Phi) is 7.01. The topological polar surface area (TPSA) is 77.5 Å². The fourth-order valence-electron chi connectivity index (χ4n) is 3.03. The Morgan fingerprint density at radius 1 is 1.00 bits per heavy atom. The molecule has 0 bridgehead atoms. The number of carbonyl (C=O) groups is 2. The molecule has 0 unspecified atom stereocenters. The van der Waals surface area contributed by atoms with Crippen molar-refractivity contribution in [1.82, 2.24) is 4.98 Å². The van der Waals surface area contributed by atoms with Gasteiger partial charge in [0, 0.05) is 17.3 Å². The number of hydrogen-bond acceptors (Lipinski definition) is 6. The lowest BCUT2D eigenvalue weighted by Gasteiger charge is -2.15. The van der Waals surface area contributed by atoms with E-state index in [0.717, 1.165) is 35.0 Å². The SMILES string of the molecule is CCCCOC(=O)c1ccc(Nc2c(C(=O)OCC)cnc3ccc(C)cc23)cc1. The van der Waals surface area contributed by atoms with Crippen molar-refractivity contribution in [2.24, 2.45) is 0 Å². The molecule has 156 valence electrons. The summed E-state index contributed by atoms with van der Waals surface area (Å²) in [6.07, 6.45) is 3.34. The standard InChI is InChI=1S/C24H26N2O4/c1-4-6-13-30-23(27)17-8-10-18(11-9-17)26-22-19-14-16(3)7-12-21(19)25-15-20(22)24(28)29-5-2/h7-12,14-15H,4-6,13H2,1-3H3,(H,25,26). The van der Waals surface area contributed by atoms with Crippen molar-refractivity contribution in [3.63, 3.8) is 0 Å². The van der Waals surface area contributed by atoms with Crippen molar-refractivity contribution in [2.75, 3.05) is 18.5 Å². The molecule has 6 heteroatoms. The Bertz CT molecular complexity index is 1050. The number of carbonyl (C=O) groups excluding carboxylic acids is 2. The van der Waals surface area contributed by atoms with Crippen molar-refractivity contribution in [2.45, 2.75) is 33.6 Å². The number of anilines is 2. The van der Waals surface area contributed by atoms with E-state index in [0.29, 0.717) is 23.4 Å². The largest absolute Gasteiger partial charge is 0.462 e. The van der Waals surface area contributed by atoms with E-state index in [1.165, 1.54) is 6.20 Å². The monoisotopic (exact) mass is 406 g/mol. The average Bonchev–Trinajstić information content (AvgIpc) is 2.75. The van der Waals surface area contributed by atoms with Gasteiger partial charge in [0.1, 0.15) is 5.56 Å². The van der Waals surface area contributed by atoms with Crippen LogP contribution in [0.5, 0.6) is 0 Å². The number of unbranched alkanes of at least 4 members (excludes halogenated alkanes) is 1. The third-order valence-electron chi connectivity index (χ3n) is 4.64. The molecule has 0 saturated carbocycles. The number of ether oxygens (including phenoxy) is 2. The van der Waals surface area contributed by atoms with Crippen molar-refractivity contribution in [1.29, 1.82) is 0 Å². The Morgan fingerprint density at radius 3 is 2.47 bits per heavy atom. The number of rotatable bonds is 8. The lowest BCUT2D eigenvalue weighted by molar-refractivity contribution is 0.0497. The van der Waals surface area contributed by atoms with Crippen LogP contribution < -0.4 is 5.32 Å². The molecule has 1 N–H and O–H groups in total. The van der Waals surface area contributed by atoms with Crippen LogP contribution >= 0.6 is 0 Å². The third-order valence-corrected chi connectivity index (χ3v) is 4.64. The summed E-state index contributed by atoms with van der Waals surface area (Å²) >= 11 is 0. The minimum absolute atomic E-state index is 0.277. The van der Waals surface area contributed by atoms with Crippen molar-refractivity contribution in [3.8, 4) is 0 Å². The Balaban J connectivity index is 1.92.